The first-order valence-corrected chi connectivity index (χ1v) is 14.7. The Morgan fingerprint density at radius 3 is 2.64 bits per heavy atom. The predicted octanol–water partition coefficient (Wildman–Crippen LogP) is 2.58. The van der Waals surface area contributed by atoms with Gasteiger partial charge >= 0.3 is 0 Å². The molecule has 2 aromatic rings. The van der Waals surface area contributed by atoms with Crippen molar-refractivity contribution in [3.63, 3.8) is 0 Å². The van der Waals surface area contributed by atoms with E-state index in [4.69, 9.17) is 0 Å². The summed E-state index contributed by atoms with van der Waals surface area (Å²) in [4.78, 5) is 28.5. The number of hydrogen-bond donors (Lipinski definition) is 2. The fraction of sp³-hybridized carbons (Fsp3) is 0.357. The molecule has 2 unspecified atom stereocenters. The van der Waals surface area contributed by atoms with Gasteiger partial charge in [0.2, 0.25) is 5.91 Å². The van der Waals surface area contributed by atoms with Gasteiger partial charge in [0.1, 0.15) is 11.6 Å². The number of sulfone groups is 1. The molecule has 1 aliphatic carbocycles. The third-order valence-electron chi connectivity index (χ3n) is 7.15. The Kier molecular flexibility index (Phi) is 6.74. The van der Waals surface area contributed by atoms with Gasteiger partial charge in [0.05, 0.1) is 34.7 Å². The van der Waals surface area contributed by atoms with Gasteiger partial charge in [-0.25, -0.2) is 17.2 Å². The van der Waals surface area contributed by atoms with E-state index in [0.29, 0.717) is 40.1 Å². The van der Waals surface area contributed by atoms with Gasteiger partial charge in [-0.1, -0.05) is 13.8 Å². The van der Waals surface area contributed by atoms with E-state index in [9.17, 15) is 22.4 Å². The van der Waals surface area contributed by atoms with E-state index >= 15 is 4.39 Å². The van der Waals surface area contributed by atoms with Crippen LogP contribution in [-0.2, 0) is 21.7 Å². The van der Waals surface area contributed by atoms with E-state index in [1.807, 2.05) is 13.8 Å². The summed E-state index contributed by atoms with van der Waals surface area (Å²) < 4.78 is 55.2. The van der Waals surface area contributed by atoms with Crippen LogP contribution in [0.25, 0.3) is 11.3 Å². The first-order valence-electron chi connectivity index (χ1n) is 12.7. The Hall–Kier alpha value is -3.73. The van der Waals surface area contributed by atoms with Gasteiger partial charge in [-0.15, -0.1) is 0 Å². The fourth-order valence-corrected chi connectivity index (χ4v) is 6.24. The average Bonchev–Trinajstić information content (AvgIpc) is 3.15. The lowest BCUT2D eigenvalue weighted by molar-refractivity contribution is -0.125. The summed E-state index contributed by atoms with van der Waals surface area (Å²) in [5.41, 5.74) is 2.52. The second kappa shape index (κ2) is 9.78. The Labute approximate surface area is 225 Å². The van der Waals surface area contributed by atoms with Crippen molar-refractivity contribution in [2.45, 2.75) is 19.9 Å². The molecule has 0 saturated heterocycles. The molecule has 2 atom stereocenters. The first-order chi connectivity index (χ1) is 18.4. The molecule has 1 amide bonds. The summed E-state index contributed by atoms with van der Waals surface area (Å²) in [6.45, 7) is 4.54. The Morgan fingerprint density at radius 1 is 1.23 bits per heavy atom. The number of anilines is 1. The number of carbonyl (C=O) groups excluding carboxylic acids is 1. The van der Waals surface area contributed by atoms with Crippen molar-refractivity contribution in [1.29, 1.82) is 0 Å². The number of amides is 1. The third-order valence-corrected chi connectivity index (χ3v) is 7.99. The van der Waals surface area contributed by atoms with Gasteiger partial charge in [0.25, 0.3) is 5.56 Å². The van der Waals surface area contributed by atoms with Crippen LogP contribution >= 0.6 is 0 Å². The lowest BCUT2D eigenvalue weighted by Crippen LogP contribution is -2.52. The highest BCUT2D eigenvalue weighted by Crippen LogP contribution is 2.46. The predicted molar refractivity (Wildman–Crippen MR) is 146 cm³/mol. The number of aryl methyl sites for hydroxylation is 1. The second-order valence-corrected chi connectivity index (χ2v) is 12.8. The summed E-state index contributed by atoms with van der Waals surface area (Å²) in [7, 11) is -1.89. The Morgan fingerprint density at radius 2 is 1.97 bits per heavy atom. The van der Waals surface area contributed by atoms with Gasteiger partial charge in [-0.05, 0) is 46.9 Å². The second-order valence-electron chi connectivity index (χ2n) is 10.7. The number of rotatable bonds is 6. The molecule has 8 nitrogen and oxygen atoms in total. The first kappa shape index (κ1) is 26.9. The van der Waals surface area contributed by atoms with Crippen LogP contribution in [-0.4, -0.2) is 50.0 Å². The Balaban J connectivity index is 1.77. The normalized spacial score (nSPS) is 20.1. The van der Waals surface area contributed by atoms with Crippen LogP contribution in [0.5, 0.6) is 0 Å². The number of aromatic nitrogens is 1. The maximum absolute atomic E-state index is 15.1. The average molecular weight is 557 g/mol. The minimum Gasteiger partial charge on any atom is -0.383 e. The summed E-state index contributed by atoms with van der Waals surface area (Å²) in [5, 5.41) is 6.24. The number of carbonyl (C=O) groups is 1. The Bertz CT molecular complexity index is 1640. The van der Waals surface area contributed by atoms with E-state index in [1.165, 1.54) is 10.6 Å². The molecule has 3 aliphatic rings. The summed E-state index contributed by atoms with van der Waals surface area (Å²) in [5.74, 6) is -2.60. The molecule has 0 spiro atoms. The third kappa shape index (κ3) is 4.91. The van der Waals surface area contributed by atoms with Crippen LogP contribution in [0.1, 0.15) is 25.0 Å². The van der Waals surface area contributed by atoms with Crippen LogP contribution in [0, 0.1) is 23.5 Å². The van der Waals surface area contributed by atoms with Crippen LogP contribution < -0.4 is 21.1 Å². The number of fused-ring (bicyclic) bond motifs is 2. The summed E-state index contributed by atoms with van der Waals surface area (Å²) >= 11 is 0. The van der Waals surface area contributed by atoms with Crippen LogP contribution in [0.3, 0.4) is 0 Å². The molecule has 1 aromatic carbocycles. The number of pyridine rings is 1. The SMILES string of the molecule is CC(C)CNC(=O)C1CNC2=C3C(=CN(c4ccc(F)cc4F)C31)C=C(CS(C)(=O)=O)c1ccn(C)c(=O)c12. The lowest BCUT2D eigenvalue weighted by Gasteiger charge is -2.38. The molecule has 11 heteroatoms. The molecule has 0 saturated carbocycles. The zero-order chi connectivity index (χ0) is 28.2. The van der Waals surface area contributed by atoms with Crippen LogP contribution in [0.2, 0.25) is 0 Å². The minimum absolute atomic E-state index is 0.0663. The molecule has 5 rings (SSSR count). The lowest BCUT2D eigenvalue weighted by atomic mass is 9.84. The van der Waals surface area contributed by atoms with E-state index in [-0.39, 0.29) is 35.4 Å². The van der Waals surface area contributed by atoms with E-state index in [0.717, 1.165) is 18.4 Å². The molecular weight excluding hydrogens is 526 g/mol. The monoisotopic (exact) mass is 556 g/mol. The quantitative estimate of drug-likeness (QED) is 0.568. The molecular formula is C28H30F2N4O4S. The minimum atomic E-state index is -3.50. The topological polar surface area (TPSA) is 101 Å². The molecule has 39 heavy (non-hydrogen) atoms. The van der Waals surface area contributed by atoms with E-state index in [1.54, 1.807) is 36.5 Å². The zero-order valence-corrected chi connectivity index (χ0v) is 22.9. The van der Waals surface area contributed by atoms with Crippen LogP contribution in [0.4, 0.5) is 14.5 Å². The smallest absolute Gasteiger partial charge is 0.260 e. The highest BCUT2D eigenvalue weighted by molar-refractivity contribution is 7.91. The zero-order valence-electron chi connectivity index (χ0n) is 22.1. The van der Waals surface area contributed by atoms with Crippen molar-refractivity contribution in [3.8, 4) is 0 Å². The van der Waals surface area contributed by atoms with Gasteiger partial charge in [0, 0.05) is 50.4 Å². The number of allylic oxidation sites excluding steroid dienone is 1. The maximum atomic E-state index is 15.1. The van der Waals surface area contributed by atoms with Gasteiger partial charge in [0.15, 0.2) is 9.84 Å². The number of nitrogens with one attached hydrogen (secondary N) is 2. The van der Waals surface area contributed by atoms with Crippen molar-refractivity contribution >= 4 is 32.7 Å². The molecule has 0 bridgehead atoms. The van der Waals surface area contributed by atoms with E-state index < -0.39 is 33.4 Å². The molecule has 2 N–H and O–H groups in total. The number of nitrogens with zero attached hydrogens (tertiary/aromatic N) is 2. The van der Waals surface area contributed by atoms with Gasteiger partial charge < -0.3 is 20.1 Å². The molecule has 1 aromatic heterocycles. The van der Waals surface area contributed by atoms with Crippen LogP contribution in [0.15, 0.2) is 58.7 Å². The van der Waals surface area contributed by atoms with Crippen molar-refractivity contribution in [3.05, 3.63) is 87.0 Å². The fourth-order valence-electron chi connectivity index (χ4n) is 5.44. The largest absolute Gasteiger partial charge is 0.383 e. The molecule has 2 aliphatic heterocycles. The number of halogens is 2. The summed E-state index contributed by atoms with van der Waals surface area (Å²) in [6, 6.07) is 4.22. The summed E-state index contributed by atoms with van der Waals surface area (Å²) in [6.07, 6.45) is 6.03. The molecule has 3 heterocycles. The molecule has 0 fully saturated rings. The maximum Gasteiger partial charge on any atom is 0.260 e. The number of hydrogen-bond acceptors (Lipinski definition) is 6. The molecule has 206 valence electrons. The highest BCUT2D eigenvalue weighted by Gasteiger charge is 2.46. The van der Waals surface area contributed by atoms with Crippen molar-refractivity contribution in [2.75, 3.05) is 30.0 Å². The van der Waals surface area contributed by atoms with E-state index in [2.05, 4.69) is 10.6 Å². The van der Waals surface area contributed by atoms with Crippen molar-refractivity contribution in [1.82, 2.24) is 15.2 Å². The molecule has 0 radical (unpaired) electrons. The van der Waals surface area contributed by atoms with Crippen molar-refractivity contribution < 1.29 is 22.0 Å². The highest BCUT2D eigenvalue weighted by atomic mass is 32.2. The standard InChI is InChI=1S/C28H30F2N4O4S/c1-15(2)11-32-27(35)20-12-31-25-23-16(13-34(26(20)23)22-6-5-18(29)10-21(22)30)9-17(14-39(4,37)38)19-7-8-33(3)28(36)24(19)25/h5-10,13,15,20,26,31H,11-12,14H2,1-4H3,(H,32,35). The van der Waals surface area contributed by atoms with Gasteiger partial charge in [-0.2, -0.15) is 0 Å². The van der Waals surface area contributed by atoms with Gasteiger partial charge in [-0.3, -0.25) is 9.59 Å². The van der Waals surface area contributed by atoms with Crippen molar-refractivity contribution in [2.24, 2.45) is 18.9 Å². The number of benzene rings is 1.